The molecule has 6 heteroatoms. The third kappa shape index (κ3) is 1.03. The SMILES string of the molecule is Cc1ncnc2c(=O)[nH][nH]c(=O)c12. The Bertz CT molecular complexity index is 568. The van der Waals surface area contributed by atoms with Gasteiger partial charge in [-0.2, -0.15) is 0 Å². The fraction of sp³-hybridized carbons (Fsp3) is 0.143. The minimum atomic E-state index is -0.417. The molecule has 0 aliphatic rings. The molecule has 0 aliphatic heterocycles. The van der Waals surface area contributed by atoms with Gasteiger partial charge in [-0.25, -0.2) is 9.97 Å². The summed E-state index contributed by atoms with van der Waals surface area (Å²) in [6, 6.07) is 0. The van der Waals surface area contributed by atoms with Gasteiger partial charge in [-0.1, -0.05) is 0 Å². The first-order valence-corrected chi connectivity index (χ1v) is 3.62. The molecule has 0 fully saturated rings. The molecule has 0 unspecified atom stereocenters. The summed E-state index contributed by atoms with van der Waals surface area (Å²) in [7, 11) is 0. The molecule has 6 nitrogen and oxygen atoms in total. The molecule has 0 bridgehead atoms. The summed E-state index contributed by atoms with van der Waals surface area (Å²) in [6.07, 6.45) is 1.26. The molecule has 2 N–H and O–H groups in total. The topological polar surface area (TPSA) is 91.5 Å². The van der Waals surface area contributed by atoms with E-state index in [2.05, 4.69) is 20.2 Å². The van der Waals surface area contributed by atoms with Crippen LogP contribution in [-0.2, 0) is 0 Å². The summed E-state index contributed by atoms with van der Waals surface area (Å²) >= 11 is 0. The van der Waals surface area contributed by atoms with E-state index in [4.69, 9.17) is 0 Å². The Morgan fingerprint density at radius 1 is 1.15 bits per heavy atom. The monoisotopic (exact) mass is 178 g/mol. The molecular weight excluding hydrogens is 172 g/mol. The molecule has 2 aromatic rings. The summed E-state index contributed by atoms with van der Waals surface area (Å²) in [5.41, 5.74) is -0.179. The van der Waals surface area contributed by atoms with Crippen LogP contribution < -0.4 is 11.1 Å². The number of hydrogen-bond acceptors (Lipinski definition) is 4. The van der Waals surface area contributed by atoms with Crippen LogP contribution in [-0.4, -0.2) is 20.2 Å². The normalized spacial score (nSPS) is 10.5. The van der Waals surface area contributed by atoms with Crippen LogP contribution in [0.5, 0.6) is 0 Å². The maximum atomic E-state index is 11.2. The van der Waals surface area contributed by atoms with Gasteiger partial charge in [-0.15, -0.1) is 0 Å². The highest BCUT2D eigenvalue weighted by molar-refractivity contribution is 5.77. The van der Waals surface area contributed by atoms with Crippen molar-refractivity contribution in [2.45, 2.75) is 6.92 Å². The van der Waals surface area contributed by atoms with Gasteiger partial charge < -0.3 is 0 Å². The van der Waals surface area contributed by atoms with E-state index in [9.17, 15) is 9.59 Å². The maximum Gasteiger partial charge on any atom is 0.289 e. The van der Waals surface area contributed by atoms with Crippen molar-refractivity contribution < 1.29 is 0 Å². The van der Waals surface area contributed by atoms with Crippen LogP contribution >= 0.6 is 0 Å². The summed E-state index contributed by atoms with van der Waals surface area (Å²) in [5, 5.41) is 4.64. The number of fused-ring (bicyclic) bond motifs is 1. The molecule has 0 radical (unpaired) electrons. The van der Waals surface area contributed by atoms with E-state index in [1.807, 2.05) is 0 Å². The van der Waals surface area contributed by atoms with E-state index >= 15 is 0 Å². The molecule has 0 spiro atoms. The first-order valence-electron chi connectivity index (χ1n) is 3.62. The molecular formula is C7H6N4O2. The average molecular weight is 178 g/mol. The standard InChI is InChI=1S/C7H6N4O2/c1-3-4-5(9-2-8-3)7(13)11-10-6(4)12/h2H,1H3,(H,10,12)(H,11,13). The van der Waals surface area contributed by atoms with Crippen LogP contribution in [0.3, 0.4) is 0 Å². The van der Waals surface area contributed by atoms with Crippen molar-refractivity contribution in [1.82, 2.24) is 20.2 Å². The van der Waals surface area contributed by atoms with Crippen molar-refractivity contribution in [2.75, 3.05) is 0 Å². The zero-order valence-corrected chi connectivity index (χ0v) is 6.79. The Labute approximate surface area is 71.6 Å². The van der Waals surface area contributed by atoms with Gasteiger partial charge in [0.2, 0.25) is 0 Å². The third-order valence-corrected chi connectivity index (χ3v) is 1.77. The largest absolute Gasteiger partial charge is 0.289 e. The minimum Gasteiger partial charge on any atom is -0.267 e. The predicted octanol–water partition coefficient (Wildman–Crippen LogP) is -0.685. The molecule has 0 saturated heterocycles. The summed E-state index contributed by atoms with van der Waals surface area (Å²) < 4.78 is 0. The van der Waals surface area contributed by atoms with E-state index in [0.717, 1.165) is 0 Å². The molecule has 2 rings (SSSR count). The summed E-state index contributed by atoms with van der Waals surface area (Å²) in [6.45, 7) is 1.65. The van der Waals surface area contributed by atoms with Gasteiger partial charge in [-0.3, -0.25) is 19.8 Å². The Kier molecular flexibility index (Phi) is 1.48. The van der Waals surface area contributed by atoms with Crippen molar-refractivity contribution in [3.05, 3.63) is 32.7 Å². The van der Waals surface area contributed by atoms with Gasteiger partial charge in [-0.05, 0) is 6.92 Å². The van der Waals surface area contributed by atoms with E-state index in [-0.39, 0.29) is 16.5 Å². The number of H-pyrrole nitrogens is 2. The lowest BCUT2D eigenvalue weighted by molar-refractivity contribution is 0.959. The lowest BCUT2D eigenvalue weighted by atomic mass is 10.3. The van der Waals surface area contributed by atoms with Gasteiger partial charge in [0.05, 0.1) is 11.1 Å². The highest BCUT2D eigenvalue weighted by Gasteiger charge is 2.06. The Morgan fingerprint density at radius 3 is 2.54 bits per heavy atom. The Hall–Kier alpha value is -1.98. The maximum absolute atomic E-state index is 11.2. The summed E-state index contributed by atoms with van der Waals surface area (Å²) in [5.74, 6) is 0. The second-order valence-corrected chi connectivity index (χ2v) is 2.59. The molecule has 0 amide bonds. The van der Waals surface area contributed by atoms with E-state index in [1.165, 1.54) is 6.33 Å². The molecule has 0 aromatic carbocycles. The third-order valence-electron chi connectivity index (χ3n) is 1.77. The fourth-order valence-electron chi connectivity index (χ4n) is 1.15. The van der Waals surface area contributed by atoms with Crippen LogP contribution in [0.4, 0.5) is 0 Å². The first kappa shape index (κ1) is 7.66. The average Bonchev–Trinajstić information content (AvgIpc) is 2.12. The van der Waals surface area contributed by atoms with Crippen LogP contribution in [0.25, 0.3) is 10.9 Å². The zero-order valence-electron chi connectivity index (χ0n) is 6.79. The molecule has 2 aromatic heterocycles. The van der Waals surface area contributed by atoms with E-state index in [0.29, 0.717) is 5.69 Å². The van der Waals surface area contributed by atoms with Gasteiger partial charge in [0.15, 0.2) is 0 Å². The van der Waals surface area contributed by atoms with E-state index in [1.54, 1.807) is 6.92 Å². The molecule has 13 heavy (non-hydrogen) atoms. The summed E-state index contributed by atoms with van der Waals surface area (Å²) in [4.78, 5) is 30.0. The van der Waals surface area contributed by atoms with Crippen LogP contribution in [0.15, 0.2) is 15.9 Å². The predicted molar refractivity (Wildman–Crippen MR) is 45.5 cm³/mol. The number of nitrogens with zero attached hydrogens (tertiary/aromatic N) is 2. The van der Waals surface area contributed by atoms with Crippen molar-refractivity contribution in [2.24, 2.45) is 0 Å². The van der Waals surface area contributed by atoms with Crippen molar-refractivity contribution in [3.8, 4) is 0 Å². The Morgan fingerprint density at radius 2 is 1.85 bits per heavy atom. The van der Waals surface area contributed by atoms with Crippen LogP contribution in [0.2, 0.25) is 0 Å². The number of aromatic amines is 2. The number of hydrogen-bond donors (Lipinski definition) is 2. The smallest absolute Gasteiger partial charge is 0.267 e. The van der Waals surface area contributed by atoms with Crippen molar-refractivity contribution >= 4 is 10.9 Å². The molecule has 0 aliphatic carbocycles. The Balaban J connectivity index is 3.19. The van der Waals surface area contributed by atoms with Crippen LogP contribution in [0, 0.1) is 6.92 Å². The number of rotatable bonds is 0. The number of nitrogens with one attached hydrogen (secondary N) is 2. The lowest BCUT2D eigenvalue weighted by Gasteiger charge is -1.95. The van der Waals surface area contributed by atoms with E-state index < -0.39 is 5.56 Å². The molecule has 2 heterocycles. The van der Waals surface area contributed by atoms with Gasteiger partial charge in [0.25, 0.3) is 11.1 Å². The van der Waals surface area contributed by atoms with Gasteiger partial charge in [0.1, 0.15) is 11.8 Å². The second-order valence-electron chi connectivity index (χ2n) is 2.59. The van der Waals surface area contributed by atoms with Gasteiger partial charge in [0, 0.05) is 0 Å². The van der Waals surface area contributed by atoms with Crippen molar-refractivity contribution in [1.29, 1.82) is 0 Å². The number of aromatic nitrogens is 4. The van der Waals surface area contributed by atoms with Crippen LogP contribution in [0.1, 0.15) is 5.69 Å². The highest BCUT2D eigenvalue weighted by atomic mass is 16.1. The molecule has 0 saturated carbocycles. The minimum absolute atomic E-state index is 0.122. The van der Waals surface area contributed by atoms with Crippen molar-refractivity contribution in [3.63, 3.8) is 0 Å². The zero-order chi connectivity index (χ0) is 9.42. The molecule has 66 valence electrons. The van der Waals surface area contributed by atoms with Gasteiger partial charge >= 0.3 is 0 Å². The fourth-order valence-corrected chi connectivity index (χ4v) is 1.15. The lowest BCUT2D eigenvalue weighted by Crippen LogP contribution is -2.21. The number of aryl methyl sites for hydroxylation is 1. The quantitative estimate of drug-likeness (QED) is 0.558. The molecule has 0 atom stereocenters. The second kappa shape index (κ2) is 2.51. The first-order chi connectivity index (χ1) is 6.20. The highest BCUT2D eigenvalue weighted by Crippen LogP contribution is 2.01.